The minimum atomic E-state index is -0.609. The van der Waals surface area contributed by atoms with Gasteiger partial charge in [-0.15, -0.1) is 0 Å². The predicted octanol–water partition coefficient (Wildman–Crippen LogP) is 0.954. The Hall–Kier alpha value is -0.110. The zero-order chi connectivity index (χ0) is 5.98. The first-order valence-corrected chi connectivity index (χ1v) is 3.14. The summed E-state index contributed by atoms with van der Waals surface area (Å²) in [7, 11) is 0. The molecular weight excluding hydrogens is 105 g/mol. The highest BCUT2D eigenvalue weighted by Crippen LogP contribution is 2.12. The van der Waals surface area contributed by atoms with E-state index in [9.17, 15) is 4.39 Å². The van der Waals surface area contributed by atoms with E-state index in [0.29, 0.717) is 5.92 Å². The smallest absolute Gasteiger partial charge is 0.0977 e. The van der Waals surface area contributed by atoms with Gasteiger partial charge in [0.1, 0.15) is 0 Å². The van der Waals surface area contributed by atoms with Gasteiger partial charge < -0.3 is 5.32 Å². The van der Waals surface area contributed by atoms with E-state index in [1.807, 2.05) is 0 Å². The van der Waals surface area contributed by atoms with Crippen molar-refractivity contribution in [3.8, 4) is 0 Å². The number of nitrogens with one attached hydrogen (secondary N) is 1. The van der Waals surface area contributed by atoms with E-state index in [1.54, 1.807) is 6.92 Å². The predicted molar refractivity (Wildman–Crippen MR) is 31.5 cm³/mol. The van der Waals surface area contributed by atoms with E-state index < -0.39 is 6.17 Å². The fourth-order valence-electron chi connectivity index (χ4n) is 0.974. The van der Waals surface area contributed by atoms with E-state index in [1.165, 1.54) is 0 Å². The lowest BCUT2D eigenvalue weighted by Crippen LogP contribution is -2.42. The Bertz CT molecular complexity index is 68.9. The van der Waals surface area contributed by atoms with Crippen LogP contribution in [0.15, 0.2) is 0 Å². The Morgan fingerprint density at radius 1 is 1.75 bits per heavy atom. The molecule has 2 heteroatoms. The van der Waals surface area contributed by atoms with Crippen molar-refractivity contribution >= 4 is 0 Å². The van der Waals surface area contributed by atoms with Gasteiger partial charge in [0.05, 0.1) is 6.17 Å². The largest absolute Gasteiger partial charge is 0.316 e. The zero-order valence-corrected chi connectivity index (χ0v) is 5.15. The lowest BCUT2D eigenvalue weighted by molar-refractivity contribution is 0.236. The summed E-state index contributed by atoms with van der Waals surface area (Å²) in [5.41, 5.74) is 0. The normalized spacial score (nSPS) is 24.8. The Kier molecular flexibility index (Phi) is 1.84. The van der Waals surface area contributed by atoms with Crippen LogP contribution in [-0.4, -0.2) is 19.3 Å². The summed E-state index contributed by atoms with van der Waals surface area (Å²) in [6.07, 6.45) is 0.134. The standard InChI is InChI=1S/C6H12FN/c1-5(7)2-6-3-8-4-6/h5-6,8H,2-4H2,1H3. The molecule has 1 nitrogen and oxygen atoms in total. The van der Waals surface area contributed by atoms with Gasteiger partial charge >= 0.3 is 0 Å². The van der Waals surface area contributed by atoms with Crippen molar-refractivity contribution in [3.05, 3.63) is 0 Å². The molecule has 1 aliphatic rings. The Balaban J connectivity index is 2.01. The van der Waals surface area contributed by atoms with Crippen LogP contribution in [0, 0.1) is 5.92 Å². The maximum atomic E-state index is 12.1. The highest BCUT2D eigenvalue weighted by Gasteiger charge is 2.18. The third-order valence-electron chi connectivity index (χ3n) is 1.52. The quantitative estimate of drug-likeness (QED) is 0.568. The van der Waals surface area contributed by atoms with E-state index in [2.05, 4.69) is 5.32 Å². The fraction of sp³-hybridized carbons (Fsp3) is 1.00. The molecule has 1 N–H and O–H groups in total. The molecule has 0 aromatic rings. The summed E-state index contributed by atoms with van der Waals surface area (Å²) < 4.78 is 12.1. The molecule has 1 unspecified atom stereocenters. The molecule has 48 valence electrons. The first-order chi connectivity index (χ1) is 3.79. The highest BCUT2D eigenvalue weighted by molar-refractivity contribution is 4.75. The first kappa shape index (κ1) is 6.02. The molecule has 0 aromatic heterocycles. The number of rotatable bonds is 2. The Morgan fingerprint density at radius 3 is 2.50 bits per heavy atom. The van der Waals surface area contributed by atoms with Crippen molar-refractivity contribution in [1.29, 1.82) is 0 Å². The second-order valence-corrected chi connectivity index (χ2v) is 2.54. The van der Waals surface area contributed by atoms with Crippen LogP contribution in [-0.2, 0) is 0 Å². The molecule has 1 aliphatic heterocycles. The van der Waals surface area contributed by atoms with Crippen molar-refractivity contribution in [2.24, 2.45) is 5.92 Å². The lowest BCUT2D eigenvalue weighted by Gasteiger charge is -2.27. The zero-order valence-electron chi connectivity index (χ0n) is 5.15. The van der Waals surface area contributed by atoms with E-state index in [-0.39, 0.29) is 0 Å². The fourth-order valence-corrected chi connectivity index (χ4v) is 0.974. The van der Waals surface area contributed by atoms with Gasteiger partial charge in [-0.1, -0.05) is 0 Å². The van der Waals surface area contributed by atoms with Gasteiger partial charge in [0.25, 0.3) is 0 Å². The minimum Gasteiger partial charge on any atom is -0.316 e. The Labute approximate surface area is 49.3 Å². The van der Waals surface area contributed by atoms with Gasteiger partial charge in [-0.25, -0.2) is 4.39 Å². The summed E-state index contributed by atoms with van der Waals surface area (Å²) in [4.78, 5) is 0. The second kappa shape index (κ2) is 2.44. The molecule has 0 aromatic carbocycles. The van der Waals surface area contributed by atoms with Gasteiger partial charge in [-0.2, -0.15) is 0 Å². The summed E-state index contributed by atoms with van der Waals surface area (Å²) in [6.45, 7) is 3.67. The summed E-state index contributed by atoms with van der Waals surface area (Å²) in [5, 5.41) is 3.10. The maximum absolute atomic E-state index is 12.1. The topological polar surface area (TPSA) is 12.0 Å². The molecule has 0 radical (unpaired) electrons. The number of hydrogen-bond donors (Lipinski definition) is 1. The van der Waals surface area contributed by atoms with Crippen molar-refractivity contribution in [3.63, 3.8) is 0 Å². The molecule has 0 saturated carbocycles. The highest BCUT2D eigenvalue weighted by atomic mass is 19.1. The van der Waals surface area contributed by atoms with Crippen LogP contribution in [0.1, 0.15) is 13.3 Å². The number of halogens is 1. The van der Waals surface area contributed by atoms with Gasteiger partial charge in [-0.3, -0.25) is 0 Å². The lowest BCUT2D eigenvalue weighted by atomic mass is 9.97. The summed E-state index contributed by atoms with van der Waals surface area (Å²) in [6, 6.07) is 0. The van der Waals surface area contributed by atoms with Crippen molar-refractivity contribution in [2.45, 2.75) is 19.5 Å². The summed E-state index contributed by atoms with van der Waals surface area (Å²) >= 11 is 0. The van der Waals surface area contributed by atoms with Crippen LogP contribution < -0.4 is 5.32 Å². The van der Waals surface area contributed by atoms with Gasteiger partial charge in [0.15, 0.2) is 0 Å². The van der Waals surface area contributed by atoms with Crippen LogP contribution in [0.2, 0.25) is 0 Å². The minimum absolute atomic E-state index is 0.609. The third-order valence-corrected chi connectivity index (χ3v) is 1.52. The molecule has 1 saturated heterocycles. The molecule has 0 aliphatic carbocycles. The van der Waals surface area contributed by atoms with Crippen molar-refractivity contribution < 1.29 is 4.39 Å². The van der Waals surface area contributed by atoms with E-state index in [4.69, 9.17) is 0 Å². The molecule has 0 spiro atoms. The average Bonchev–Trinajstić information content (AvgIpc) is 1.55. The number of hydrogen-bond acceptors (Lipinski definition) is 1. The molecule has 0 bridgehead atoms. The van der Waals surface area contributed by atoms with Gasteiger partial charge in [0, 0.05) is 0 Å². The molecule has 1 fully saturated rings. The van der Waals surface area contributed by atoms with Gasteiger partial charge in [-0.05, 0) is 32.4 Å². The van der Waals surface area contributed by atoms with Crippen LogP contribution in [0.4, 0.5) is 4.39 Å². The van der Waals surface area contributed by atoms with Crippen LogP contribution in [0.5, 0.6) is 0 Å². The molecule has 1 rings (SSSR count). The van der Waals surface area contributed by atoms with Crippen LogP contribution >= 0.6 is 0 Å². The van der Waals surface area contributed by atoms with E-state index in [0.717, 1.165) is 19.5 Å². The van der Waals surface area contributed by atoms with Gasteiger partial charge in [0.2, 0.25) is 0 Å². The number of alkyl halides is 1. The SMILES string of the molecule is CC(F)CC1CNC1. The summed E-state index contributed by atoms with van der Waals surface area (Å²) in [5.74, 6) is 0.620. The van der Waals surface area contributed by atoms with Crippen LogP contribution in [0.3, 0.4) is 0 Å². The average molecular weight is 117 g/mol. The monoisotopic (exact) mass is 117 g/mol. The van der Waals surface area contributed by atoms with E-state index >= 15 is 0 Å². The third kappa shape index (κ3) is 1.44. The van der Waals surface area contributed by atoms with Crippen LogP contribution in [0.25, 0.3) is 0 Å². The molecule has 0 amide bonds. The maximum Gasteiger partial charge on any atom is 0.0977 e. The molecule has 1 atom stereocenters. The first-order valence-electron chi connectivity index (χ1n) is 3.14. The molecule has 8 heavy (non-hydrogen) atoms. The molecular formula is C6H12FN. The molecule has 1 heterocycles. The Morgan fingerprint density at radius 2 is 2.38 bits per heavy atom. The van der Waals surface area contributed by atoms with Crippen molar-refractivity contribution in [1.82, 2.24) is 5.32 Å². The second-order valence-electron chi connectivity index (χ2n) is 2.54. The van der Waals surface area contributed by atoms with Crippen molar-refractivity contribution in [2.75, 3.05) is 13.1 Å².